The first-order valence-corrected chi connectivity index (χ1v) is 9.14. The molecule has 0 bridgehead atoms. The Labute approximate surface area is 131 Å². The van der Waals surface area contributed by atoms with Crippen LogP contribution in [0, 0.1) is 0 Å². The molecule has 2 aromatic rings. The van der Waals surface area contributed by atoms with Crippen molar-refractivity contribution in [1.82, 2.24) is 0 Å². The molecule has 0 saturated heterocycles. The van der Waals surface area contributed by atoms with Crippen LogP contribution in [0.1, 0.15) is 25.3 Å². The average Bonchev–Trinajstić information content (AvgIpc) is 2.49. The lowest BCUT2D eigenvalue weighted by molar-refractivity contribution is 0.294. The van der Waals surface area contributed by atoms with Gasteiger partial charge < -0.3 is 14.2 Å². The van der Waals surface area contributed by atoms with Crippen molar-refractivity contribution in [3.63, 3.8) is 0 Å². The molecule has 0 fully saturated rings. The van der Waals surface area contributed by atoms with E-state index in [1.807, 2.05) is 24.3 Å². The summed E-state index contributed by atoms with van der Waals surface area (Å²) < 4.78 is 23.3. The minimum atomic E-state index is -3.78. The highest BCUT2D eigenvalue weighted by Gasteiger charge is 2.23. The van der Waals surface area contributed by atoms with Crippen LogP contribution in [0.3, 0.4) is 0 Å². The monoisotopic (exact) mass is 320 g/mol. The van der Waals surface area contributed by atoms with Crippen molar-refractivity contribution in [2.75, 3.05) is 6.61 Å². The highest BCUT2D eigenvalue weighted by Crippen LogP contribution is 2.48. The van der Waals surface area contributed by atoms with Crippen LogP contribution in [0.15, 0.2) is 54.6 Å². The minimum absolute atomic E-state index is 0.0306. The predicted molar refractivity (Wildman–Crippen MR) is 87.4 cm³/mol. The van der Waals surface area contributed by atoms with Gasteiger partial charge in [0.25, 0.3) is 0 Å². The molecule has 1 unspecified atom stereocenters. The molecule has 22 heavy (non-hydrogen) atoms. The van der Waals surface area contributed by atoms with Crippen molar-refractivity contribution < 1.29 is 18.7 Å². The van der Waals surface area contributed by atoms with E-state index in [0.717, 1.165) is 18.4 Å². The fourth-order valence-electron chi connectivity index (χ4n) is 1.97. The molecule has 0 aliphatic carbocycles. The van der Waals surface area contributed by atoms with Gasteiger partial charge in [0.05, 0.1) is 12.8 Å². The molecule has 2 rings (SSSR count). The summed E-state index contributed by atoms with van der Waals surface area (Å²) in [6.07, 6.45) is 1.92. The molecule has 1 atom stereocenters. The summed E-state index contributed by atoms with van der Waals surface area (Å²) in [5, 5.41) is 0. The molecular weight excluding hydrogens is 299 g/mol. The Morgan fingerprint density at radius 2 is 1.64 bits per heavy atom. The maximum Gasteiger partial charge on any atom is 0.381 e. The molecule has 0 aliphatic rings. The smallest absolute Gasteiger partial charge is 0.381 e. The quantitative estimate of drug-likeness (QED) is 0.569. The largest absolute Gasteiger partial charge is 0.490 e. The normalized spacial score (nSPS) is 13.4. The van der Waals surface area contributed by atoms with Crippen molar-refractivity contribution in [1.29, 1.82) is 0 Å². The number of para-hydroxylation sites is 2. The number of ether oxygens (including phenoxy) is 1. The molecule has 0 aromatic heterocycles. The lowest BCUT2D eigenvalue weighted by atomic mass is 10.2. The molecule has 0 amide bonds. The molecule has 4 nitrogen and oxygen atoms in total. The predicted octanol–water partition coefficient (Wildman–Crippen LogP) is 4.63. The zero-order chi connectivity index (χ0) is 15.8. The van der Waals surface area contributed by atoms with Gasteiger partial charge in [0, 0.05) is 0 Å². The van der Waals surface area contributed by atoms with Crippen LogP contribution in [0.25, 0.3) is 0 Å². The van der Waals surface area contributed by atoms with E-state index in [1.54, 1.807) is 30.3 Å². The van der Waals surface area contributed by atoms with Crippen molar-refractivity contribution in [2.45, 2.75) is 25.9 Å². The summed E-state index contributed by atoms with van der Waals surface area (Å²) in [6, 6.07) is 16.1. The minimum Gasteiger partial charge on any atom is -0.490 e. The number of hydrogen-bond donors (Lipinski definition) is 1. The molecular formula is C17H21O4P. The van der Waals surface area contributed by atoms with Gasteiger partial charge in [0.15, 0.2) is 11.5 Å². The van der Waals surface area contributed by atoms with E-state index in [4.69, 9.17) is 9.26 Å². The van der Waals surface area contributed by atoms with Crippen molar-refractivity contribution in [3.05, 3.63) is 60.2 Å². The van der Waals surface area contributed by atoms with Gasteiger partial charge in [-0.15, -0.1) is 0 Å². The fraction of sp³-hybridized carbons (Fsp3) is 0.294. The van der Waals surface area contributed by atoms with Gasteiger partial charge in [-0.2, -0.15) is 0 Å². The van der Waals surface area contributed by atoms with Crippen molar-refractivity contribution in [2.24, 2.45) is 0 Å². The first-order chi connectivity index (χ1) is 10.6. The SMILES string of the molecule is CCCCOc1ccccc1OP(=O)(O)Cc1ccccc1. The molecule has 0 heterocycles. The third-order valence-corrected chi connectivity index (χ3v) is 4.32. The van der Waals surface area contributed by atoms with Crippen LogP contribution in [-0.4, -0.2) is 11.5 Å². The molecule has 118 valence electrons. The summed E-state index contributed by atoms with van der Waals surface area (Å²) in [6.45, 7) is 2.64. The Bertz CT molecular complexity index is 628. The van der Waals surface area contributed by atoms with Gasteiger partial charge >= 0.3 is 7.60 Å². The highest BCUT2D eigenvalue weighted by atomic mass is 31.2. The second-order valence-electron chi connectivity index (χ2n) is 5.02. The number of unbranched alkanes of at least 4 members (excludes halogenated alkanes) is 1. The third kappa shape index (κ3) is 5.21. The Kier molecular flexibility index (Phi) is 6.05. The molecule has 0 radical (unpaired) electrons. The maximum atomic E-state index is 12.3. The second-order valence-corrected chi connectivity index (χ2v) is 6.79. The summed E-state index contributed by atoms with van der Waals surface area (Å²) >= 11 is 0. The Hall–Kier alpha value is -1.77. The Morgan fingerprint density at radius 1 is 1.00 bits per heavy atom. The van der Waals surface area contributed by atoms with Crippen molar-refractivity contribution >= 4 is 7.60 Å². The van der Waals surface area contributed by atoms with Crippen LogP contribution >= 0.6 is 7.60 Å². The van der Waals surface area contributed by atoms with Gasteiger partial charge in [-0.3, -0.25) is 0 Å². The number of benzene rings is 2. The van der Waals surface area contributed by atoms with Gasteiger partial charge in [0.1, 0.15) is 0 Å². The lowest BCUT2D eigenvalue weighted by Crippen LogP contribution is -2.01. The van der Waals surface area contributed by atoms with Gasteiger partial charge in [0.2, 0.25) is 0 Å². The van der Waals surface area contributed by atoms with Crippen LogP contribution in [0.4, 0.5) is 0 Å². The standard InChI is InChI=1S/C17H21O4P/c1-2-3-13-20-16-11-7-8-12-17(16)21-22(18,19)14-15-9-5-4-6-10-15/h4-12H,2-3,13-14H2,1H3,(H,18,19). The van der Waals surface area contributed by atoms with E-state index < -0.39 is 7.60 Å². The number of hydrogen-bond acceptors (Lipinski definition) is 3. The van der Waals surface area contributed by atoms with Gasteiger partial charge in [-0.25, -0.2) is 4.57 Å². The number of rotatable bonds is 8. The van der Waals surface area contributed by atoms with Crippen LogP contribution < -0.4 is 9.26 Å². The molecule has 0 aliphatic heterocycles. The summed E-state index contributed by atoms with van der Waals surface area (Å²) in [5.74, 6) is 0.804. The summed E-state index contributed by atoms with van der Waals surface area (Å²) in [7, 11) is -3.78. The average molecular weight is 320 g/mol. The zero-order valence-corrected chi connectivity index (χ0v) is 13.5. The molecule has 5 heteroatoms. The van der Waals surface area contributed by atoms with Crippen LogP contribution in [-0.2, 0) is 10.7 Å². The van der Waals surface area contributed by atoms with E-state index in [0.29, 0.717) is 18.1 Å². The lowest BCUT2D eigenvalue weighted by Gasteiger charge is -2.16. The van der Waals surface area contributed by atoms with Crippen molar-refractivity contribution in [3.8, 4) is 11.5 Å². The van der Waals surface area contributed by atoms with E-state index >= 15 is 0 Å². The van der Waals surface area contributed by atoms with Gasteiger partial charge in [-0.1, -0.05) is 55.8 Å². The molecule has 0 spiro atoms. The Morgan fingerprint density at radius 3 is 2.32 bits per heavy atom. The van der Waals surface area contributed by atoms with E-state index in [9.17, 15) is 9.46 Å². The van der Waals surface area contributed by atoms with E-state index in [2.05, 4.69) is 6.92 Å². The molecule has 1 N–H and O–H groups in total. The molecule has 0 saturated carbocycles. The Balaban J connectivity index is 2.07. The topological polar surface area (TPSA) is 55.8 Å². The van der Waals surface area contributed by atoms with E-state index in [-0.39, 0.29) is 6.16 Å². The first-order valence-electron chi connectivity index (χ1n) is 7.38. The van der Waals surface area contributed by atoms with Crippen LogP contribution in [0.5, 0.6) is 11.5 Å². The molecule has 2 aromatic carbocycles. The van der Waals surface area contributed by atoms with E-state index in [1.165, 1.54) is 0 Å². The second kappa shape index (κ2) is 8.02. The van der Waals surface area contributed by atoms with Gasteiger partial charge in [-0.05, 0) is 24.1 Å². The first kappa shape index (κ1) is 16.6. The highest BCUT2D eigenvalue weighted by molar-refractivity contribution is 7.52. The fourth-order valence-corrected chi connectivity index (χ4v) is 3.17. The third-order valence-electron chi connectivity index (χ3n) is 3.07. The van der Waals surface area contributed by atoms with Crippen LogP contribution in [0.2, 0.25) is 0 Å². The maximum absolute atomic E-state index is 12.3. The summed E-state index contributed by atoms with van der Waals surface area (Å²) in [5.41, 5.74) is 0.762. The zero-order valence-electron chi connectivity index (χ0n) is 12.6. The summed E-state index contributed by atoms with van der Waals surface area (Å²) in [4.78, 5) is 10.1.